The SMILES string of the molecule is CCCN(CCC)C1CCCC1CN. The first-order valence-corrected chi connectivity index (χ1v) is 6.27. The van der Waals surface area contributed by atoms with Crippen LogP contribution in [0.4, 0.5) is 0 Å². The van der Waals surface area contributed by atoms with E-state index in [0.29, 0.717) is 0 Å². The van der Waals surface area contributed by atoms with Crippen molar-refractivity contribution in [3.05, 3.63) is 0 Å². The highest BCUT2D eigenvalue weighted by Crippen LogP contribution is 2.29. The van der Waals surface area contributed by atoms with Crippen LogP contribution >= 0.6 is 0 Å². The Labute approximate surface area is 88.8 Å². The van der Waals surface area contributed by atoms with E-state index in [-0.39, 0.29) is 0 Å². The van der Waals surface area contributed by atoms with Crippen molar-refractivity contribution >= 4 is 0 Å². The molecule has 1 rings (SSSR count). The molecule has 0 amide bonds. The molecule has 0 spiro atoms. The van der Waals surface area contributed by atoms with Gasteiger partial charge < -0.3 is 10.6 Å². The molecule has 0 heterocycles. The standard InChI is InChI=1S/C12H26N2/c1-3-8-14(9-4-2)12-7-5-6-11(12)10-13/h11-12H,3-10,13H2,1-2H3. The molecule has 1 aliphatic carbocycles. The lowest BCUT2D eigenvalue weighted by molar-refractivity contribution is 0.162. The molecule has 2 heteroatoms. The fourth-order valence-electron chi connectivity index (χ4n) is 2.79. The lowest BCUT2D eigenvalue weighted by atomic mass is 10.0. The van der Waals surface area contributed by atoms with Crippen molar-refractivity contribution < 1.29 is 0 Å². The maximum absolute atomic E-state index is 5.83. The van der Waals surface area contributed by atoms with Crippen LogP contribution in [-0.2, 0) is 0 Å². The van der Waals surface area contributed by atoms with Crippen molar-refractivity contribution in [2.75, 3.05) is 19.6 Å². The van der Waals surface area contributed by atoms with Crippen molar-refractivity contribution in [1.29, 1.82) is 0 Å². The van der Waals surface area contributed by atoms with E-state index in [0.717, 1.165) is 18.5 Å². The molecule has 1 fully saturated rings. The van der Waals surface area contributed by atoms with Crippen LogP contribution < -0.4 is 5.73 Å². The molecule has 0 saturated heterocycles. The summed E-state index contributed by atoms with van der Waals surface area (Å²) >= 11 is 0. The van der Waals surface area contributed by atoms with Crippen LogP contribution in [0.15, 0.2) is 0 Å². The lowest BCUT2D eigenvalue weighted by Crippen LogP contribution is -2.41. The first-order chi connectivity index (χ1) is 6.83. The van der Waals surface area contributed by atoms with E-state index in [1.54, 1.807) is 0 Å². The van der Waals surface area contributed by atoms with E-state index in [1.807, 2.05) is 0 Å². The van der Waals surface area contributed by atoms with Crippen LogP contribution in [0.25, 0.3) is 0 Å². The zero-order chi connectivity index (χ0) is 10.4. The monoisotopic (exact) mass is 198 g/mol. The van der Waals surface area contributed by atoms with Gasteiger partial charge in [-0.15, -0.1) is 0 Å². The summed E-state index contributed by atoms with van der Waals surface area (Å²) in [5, 5.41) is 0. The van der Waals surface area contributed by atoms with Crippen LogP contribution in [0.5, 0.6) is 0 Å². The molecule has 2 nitrogen and oxygen atoms in total. The van der Waals surface area contributed by atoms with E-state index in [9.17, 15) is 0 Å². The molecular formula is C12H26N2. The largest absolute Gasteiger partial charge is 0.330 e. The Morgan fingerprint density at radius 3 is 2.29 bits per heavy atom. The fourth-order valence-corrected chi connectivity index (χ4v) is 2.79. The number of hydrogen-bond acceptors (Lipinski definition) is 2. The van der Waals surface area contributed by atoms with Gasteiger partial charge in [0, 0.05) is 6.04 Å². The Morgan fingerprint density at radius 1 is 1.14 bits per heavy atom. The number of hydrogen-bond donors (Lipinski definition) is 1. The highest BCUT2D eigenvalue weighted by molar-refractivity contribution is 4.85. The quantitative estimate of drug-likeness (QED) is 0.709. The highest BCUT2D eigenvalue weighted by atomic mass is 15.2. The number of nitrogens with zero attached hydrogens (tertiary/aromatic N) is 1. The van der Waals surface area contributed by atoms with Crippen molar-refractivity contribution in [1.82, 2.24) is 4.90 Å². The van der Waals surface area contributed by atoms with Gasteiger partial charge in [0.25, 0.3) is 0 Å². The van der Waals surface area contributed by atoms with Gasteiger partial charge in [0.2, 0.25) is 0 Å². The molecule has 0 aromatic heterocycles. The van der Waals surface area contributed by atoms with Crippen molar-refractivity contribution in [2.24, 2.45) is 11.7 Å². The highest BCUT2D eigenvalue weighted by Gasteiger charge is 2.29. The molecule has 0 aromatic rings. The molecule has 14 heavy (non-hydrogen) atoms. The van der Waals surface area contributed by atoms with Gasteiger partial charge in [0.1, 0.15) is 0 Å². The van der Waals surface area contributed by atoms with Gasteiger partial charge in [-0.1, -0.05) is 20.3 Å². The van der Waals surface area contributed by atoms with Crippen molar-refractivity contribution in [3.63, 3.8) is 0 Å². The average molecular weight is 198 g/mol. The zero-order valence-electron chi connectivity index (χ0n) is 9.84. The molecule has 1 aliphatic rings. The summed E-state index contributed by atoms with van der Waals surface area (Å²) in [5.41, 5.74) is 5.83. The molecule has 84 valence electrons. The molecule has 0 radical (unpaired) electrons. The second-order valence-corrected chi connectivity index (χ2v) is 4.53. The Hall–Kier alpha value is -0.0800. The van der Waals surface area contributed by atoms with Crippen LogP contribution in [0.1, 0.15) is 46.0 Å². The molecule has 0 aliphatic heterocycles. The van der Waals surface area contributed by atoms with Gasteiger partial charge in [0.05, 0.1) is 0 Å². The molecule has 2 atom stereocenters. The Kier molecular flexibility index (Phi) is 5.49. The van der Waals surface area contributed by atoms with E-state index in [2.05, 4.69) is 18.7 Å². The van der Waals surface area contributed by atoms with E-state index in [1.165, 1.54) is 45.2 Å². The summed E-state index contributed by atoms with van der Waals surface area (Å²) in [6.07, 6.45) is 6.66. The Bertz CT molecular complexity index is 141. The summed E-state index contributed by atoms with van der Waals surface area (Å²) in [7, 11) is 0. The maximum Gasteiger partial charge on any atom is 0.0135 e. The Morgan fingerprint density at radius 2 is 1.79 bits per heavy atom. The zero-order valence-corrected chi connectivity index (χ0v) is 9.84. The molecular weight excluding hydrogens is 172 g/mol. The minimum Gasteiger partial charge on any atom is -0.330 e. The third-order valence-corrected chi connectivity index (χ3v) is 3.41. The molecule has 0 aromatic carbocycles. The van der Waals surface area contributed by atoms with Crippen LogP contribution in [0.2, 0.25) is 0 Å². The molecule has 1 saturated carbocycles. The molecule has 2 N–H and O–H groups in total. The van der Waals surface area contributed by atoms with Crippen LogP contribution in [0.3, 0.4) is 0 Å². The van der Waals surface area contributed by atoms with Gasteiger partial charge in [0.15, 0.2) is 0 Å². The number of rotatable bonds is 6. The summed E-state index contributed by atoms with van der Waals surface area (Å²) in [5.74, 6) is 0.771. The topological polar surface area (TPSA) is 29.3 Å². The van der Waals surface area contributed by atoms with E-state index < -0.39 is 0 Å². The average Bonchev–Trinajstić information content (AvgIpc) is 2.65. The summed E-state index contributed by atoms with van der Waals surface area (Å²) < 4.78 is 0. The minimum absolute atomic E-state index is 0.771. The first-order valence-electron chi connectivity index (χ1n) is 6.27. The fraction of sp³-hybridized carbons (Fsp3) is 1.00. The Balaban J connectivity index is 2.47. The second kappa shape index (κ2) is 6.41. The van der Waals surface area contributed by atoms with Gasteiger partial charge in [-0.3, -0.25) is 0 Å². The van der Waals surface area contributed by atoms with Crippen LogP contribution in [-0.4, -0.2) is 30.6 Å². The van der Waals surface area contributed by atoms with Gasteiger partial charge in [-0.05, 0) is 51.2 Å². The third kappa shape index (κ3) is 2.96. The molecule has 0 bridgehead atoms. The van der Waals surface area contributed by atoms with Gasteiger partial charge in [-0.25, -0.2) is 0 Å². The summed E-state index contributed by atoms with van der Waals surface area (Å²) in [6, 6.07) is 0.792. The predicted octanol–water partition coefficient (Wildman–Crippen LogP) is 2.24. The maximum atomic E-state index is 5.83. The third-order valence-electron chi connectivity index (χ3n) is 3.41. The van der Waals surface area contributed by atoms with Crippen molar-refractivity contribution in [3.8, 4) is 0 Å². The van der Waals surface area contributed by atoms with Crippen LogP contribution in [0, 0.1) is 5.92 Å². The summed E-state index contributed by atoms with van der Waals surface area (Å²) in [6.45, 7) is 7.95. The minimum atomic E-state index is 0.771. The summed E-state index contributed by atoms with van der Waals surface area (Å²) in [4.78, 5) is 2.67. The number of nitrogens with two attached hydrogens (primary N) is 1. The second-order valence-electron chi connectivity index (χ2n) is 4.53. The first kappa shape index (κ1) is 12.0. The normalized spacial score (nSPS) is 27.4. The predicted molar refractivity (Wildman–Crippen MR) is 62.3 cm³/mol. The molecule has 2 unspecified atom stereocenters. The van der Waals surface area contributed by atoms with Gasteiger partial charge in [-0.2, -0.15) is 0 Å². The van der Waals surface area contributed by atoms with Crippen molar-refractivity contribution in [2.45, 2.75) is 52.0 Å². The van der Waals surface area contributed by atoms with E-state index in [4.69, 9.17) is 5.73 Å². The van der Waals surface area contributed by atoms with E-state index >= 15 is 0 Å². The smallest absolute Gasteiger partial charge is 0.0135 e. The van der Waals surface area contributed by atoms with Gasteiger partial charge >= 0.3 is 0 Å². The lowest BCUT2D eigenvalue weighted by Gasteiger charge is -2.32.